The lowest BCUT2D eigenvalue weighted by atomic mass is 9.79. The highest BCUT2D eigenvalue weighted by atomic mass is 16.5. The number of unbranched alkanes of at least 4 members (excludes halogenated alkanes) is 1. The minimum atomic E-state index is -0.824. The summed E-state index contributed by atoms with van der Waals surface area (Å²) in [5.74, 6) is -1.65. The molecule has 3 N–H and O–H groups in total. The van der Waals surface area contributed by atoms with E-state index in [4.69, 9.17) is 4.74 Å². The monoisotopic (exact) mass is 502 g/mol. The lowest BCUT2D eigenvalue weighted by Crippen LogP contribution is -2.48. The molecule has 200 valence electrons. The Labute approximate surface area is 214 Å². The van der Waals surface area contributed by atoms with E-state index in [0.717, 1.165) is 18.4 Å². The van der Waals surface area contributed by atoms with E-state index in [1.165, 1.54) is 0 Å². The average Bonchev–Trinajstić information content (AvgIpc) is 2.85. The number of aliphatic hydroxyl groups excluding tert-OH is 1. The van der Waals surface area contributed by atoms with E-state index in [9.17, 15) is 24.3 Å². The van der Waals surface area contributed by atoms with Crippen LogP contribution in [0.25, 0.3) is 0 Å². The molecule has 2 bridgehead atoms. The number of fused-ring (bicyclic) bond motifs is 11. The molecular formula is C28H42N2O6. The van der Waals surface area contributed by atoms with Crippen LogP contribution >= 0.6 is 0 Å². The first kappa shape index (κ1) is 29.5. The van der Waals surface area contributed by atoms with Crippen LogP contribution in [0.3, 0.4) is 0 Å². The van der Waals surface area contributed by atoms with E-state index >= 15 is 0 Å². The number of amides is 2. The summed E-state index contributed by atoms with van der Waals surface area (Å²) in [6.07, 6.45) is 3.60. The fraction of sp³-hybridized carbons (Fsp3) is 0.643. The second-order valence-electron chi connectivity index (χ2n) is 10.0. The van der Waals surface area contributed by atoms with E-state index in [-0.39, 0.29) is 48.6 Å². The van der Waals surface area contributed by atoms with Gasteiger partial charge >= 0.3 is 0 Å². The van der Waals surface area contributed by atoms with Crippen LogP contribution in [-0.2, 0) is 25.6 Å². The van der Waals surface area contributed by atoms with Gasteiger partial charge < -0.3 is 20.5 Å². The van der Waals surface area contributed by atoms with Gasteiger partial charge in [0.1, 0.15) is 12.4 Å². The van der Waals surface area contributed by atoms with Crippen LogP contribution in [0, 0.1) is 17.8 Å². The third-order valence-electron chi connectivity index (χ3n) is 6.56. The highest BCUT2D eigenvalue weighted by Gasteiger charge is 2.35. The second-order valence-corrected chi connectivity index (χ2v) is 10.0. The fourth-order valence-electron chi connectivity index (χ4n) is 4.54. The van der Waals surface area contributed by atoms with Crippen molar-refractivity contribution in [3.05, 3.63) is 29.8 Å². The molecule has 0 spiro atoms. The van der Waals surface area contributed by atoms with Gasteiger partial charge in [-0.15, -0.1) is 0 Å². The molecule has 0 unspecified atom stereocenters. The minimum absolute atomic E-state index is 0.0119. The first-order valence-electron chi connectivity index (χ1n) is 13.2. The largest absolute Gasteiger partial charge is 0.494 e. The number of nitrogens with one attached hydrogen (secondary N) is 2. The number of hydrogen-bond acceptors (Lipinski definition) is 6. The zero-order valence-corrected chi connectivity index (χ0v) is 21.9. The molecule has 1 aromatic rings. The Kier molecular flexibility index (Phi) is 12.6. The number of carbonyl (C=O) groups excluding carboxylic acids is 4. The summed E-state index contributed by atoms with van der Waals surface area (Å²) < 4.78 is 5.80. The molecule has 0 fully saturated rings. The van der Waals surface area contributed by atoms with Crippen LogP contribution in [-0.4, -0.2) is 54.3 Å². The summed E-state index contributed by atoms with van der Waals surface area (Å²) in [7, 11) is 0. The Morgan fingerprint density at radius 2 is 1.86 bits per heavy atom. The van der Waals surface area contributed by atoms with Crippen LogP contribution in [0.5, 0.6) is 5.75 Å². The van der Waals surface area contributed by atoms with Crippen molar-refractivity contribution in [2.75, 3.05) is 19.8 Å². The van der Waals surface area contributed by atoms with Gasteiger partial charge in [0.15, 0.2) is 11.6 Å². The van der Waals surface area contributed by atoms with Crippen LogP contribution in [0.4, 0.5) is 0 Å². The maximum absolute atomic E-state index is 13.5. The van der Waals surface area contributed by atoms with Gasteiger partial charge in [0, 0.05) is 31.2 Å². The first-order chi connectivity index (χ1) is 17.2. The number of aliphatic hydroxyl groups is 1. The zero-order valence-electron chi connectivity index (χ0n) is 21.9. The predicted octanol–water partition coefficient (Wildman–Crippen LogP) is 2.99. The summed E-state index contributed by atoms with van der Waals surface area (Å²) >= 11 is 0. The van der Waals surface area contributed by atoms with Gasteiger partial charge in [-0.3, -0.25) is 19.2 Å². The molecule has 2 aliphatic heterocycles. The Hall–Kier alpha value is -2.74. The summed E-state index contributed by atoms with van der Waals surface area (Å²) in [5, 5.41) is 15.3. The summed E-state index contributed by atoms with van der Waals surface area (Å²) in [4.78, 5) is 51.5. The van der Waals surface area contributed by atoms with Crippen molar-refractivity contribution in [1.82, 2.24) is 10.6 Å². The molecule has 2 aliphatic rings. The van der Waals surface area contributed by atoms with Gasteiger partial charge in [-0.05, 0) is 55.7 Å². The molecule has 8 nitrogen and oxygen atoms in total. The smallest absolute Gasteiger partial charge is 0.224 e. The van der Waals surface area contributed by atoms with E-state index < -0.39 is 24.5 Å². The third-order valence-corrected chi connectivity index (χ3v) is 6.56. The SMILES string of the molecule is CCCCNC(=O)CCC(=O)[C@@H]1Cc2ccc(cc2)OCCC[C@H](C(=O)CO)[C@@H](CC(C)C)C(=O)N1. The molecule has 8 heteroatoms. The topological polar surface area (TPSA) is 122 Å². The number of benzene rings is 1. The Morgan fingerprint density at radius 1 is 1.14 bits per heavy atom. The van der Waals surface area contributed by atoms with Crippen LogP contribution in [0.2, 0.25) is 0 Å². The van der Waals surface area contributed by atoms with Gasteiger partial charge in [0.25, 0.3) is 0 Å². The standard InChI is InChI=1S/C28H42N2O6/c1-4-5-14-29-27(34)13-12-25(32)24-17-20-8-10-21(11-9-20)36-15-6-7-22(26(33)18-31)23(16-19(2)3)28(35)30-24/h8-11,19,22-24,31H,4-7,12-18H2,1-3H3,(H,29,34)(H,30,35)/t22-,23+,24-/m0/s1. The van der Waals surface area contributed by atoms with Gasteiger partial charge in [0.2, 0.25) is 11.8 Å². The second kappa shape index (κ2) is 15.4. The van der Waals surface area contributed by atoms with Crippen LogP contribution in [0.15, 0.2) is 24.3 Å². The summed E-state index contributed by atoms with van der Waals surface area (Å²) in [6, 6.07) is 6.56. The van der Waals surface area contributed by atoms with Gasteiger partial charge in [-0.25, -0.2) is 0 Å². The van der Waals surface area contributed by atoms with Crippen molar-refractivity contribution in [3.63, 3.8) is 0 Å². The summed E-state index contributed by atoms with van der Waals surface area (Å²) in [5.41, 5.74) is 0.855. The van der Waals surface area contributed by atoms with Crippen LogP contribution in [0.1, 0.15) is 71.3 Å². The number of ether oxygens (including phenoxy) is 1. The Morgan fingerprint density at radius 3 is 2.50 bits per heavy atom. The quantitative estimate of drug-likeness (QED) is 0.400. The molecule has 2 heterocycles. The fourth-order valence-corrected chi connectivity index (χ4v) is 4.54. The molecule has 1 aromatic carbocycles. The zero-order chi connectivity index (χ0) is 26.5. The average molecular weight is 503 g/mol. The van der Waals surface area contributed by atoms with Gasteiger partial charge in [-0.1, -0.05) is 39.3 Å². The maximum Gasteiger partial charge on any atom is 0.224 e. The van der Waals surface area contributed by atoms with E-state index in [1.807, 2.05) is 45.0 Å². The normalized spacial score (nSPS) is 20.8. The molecule has 0 radical (unpaired) electrons. The predicted molar refractivity (Wildman–Crippen MR) is 137 cm³/mol. The van der Waals surface area contributed by atoms with Crippen molar-refractivity contribution in [2.24, 2.45) is 17.8 Å². The molecule has 36 heavy (non-hydrogen) atoms. The lowest BCUT2D eigenvalue weighted by Gasteiger charge is -2.29. The molecular weight excluding hydrogens is 460 g/mol. The van der Waals surface area contributed by atoms with Gasteiger partial charge in [0.05, 0.1) is 12.6 Å². The lowest BCUT2D eigenvalue weighted by molar-refractivity contribution is -0.137. The van der Waals surface area contributed by atoms with Gasteiger partial charge in [-0.2, -0.15) is 0 Å². The van der Waals surface area contributed by atoms with Crippen molar-refractivity contribution >= 4 is 23.4 Å². The van der Waals surface area contributed by atoms with Crippen molar-refractivity contribution in [3.8, 4) is 5.75 Å². The number of ketones is 2. The van der Waals surface area contributed by atoms with Crippen molar-refractivity contribution in [2.45, 2.75) is 78.2 Å². The highest BCUT2D eigenvalue weighted by Crippen LogP contribution is 2.27. The maximum atomic E-state index is 13.5. The summed E-state index contributed by atoms with van der Waals surface area (Å²) in [6.45, 7) is 6.33. The number of Topliss-reactive ketones (excluding diaryl/α,β-unsaturated/α-hetero) is 2. The highest BCUT2D eigenvalue weighted by molar-refractivity contribution is 5.94. The first-order valence-corrected chi connectivity index (χ1v) is 13.2. The van der Waals surface area contributed by atoms with Crippen LogP contribution < -0.4 is 15.4 Å². The molecule has 3 rings (SSSR count). The van der Waals surface area contributed by atoms with E-state index in [2.05, 4.69) is 10.6 Å². The van der Waals surface area contributed by atoms with Crippen molar-refractivity contribution < 1.29 is 29.0 Å². The molecule has 0 aromatic heterocycles. The Balaban J connectivity index is 2.27. The number of hydrogen-bond donors (Lipinski definition) is 3. The van der Waals surface area contributed by atoms with Crippen molar-refractivity contribution in [1.29, 1.82) is 0 Å². The molecule has 3 atom stereocenters. The van der Waals surface area contributed by atoms with E-state index in [0.29, 0.717) is 38.2 Å². The molecule has 0 saturated heterocycles. The number of carbonyl (C=O) groups is 4. The molecule has 2 amide bonds. The molecule has 0 aliphatic carbocycles. The van der Waals surface area contributed by atoms with E-state index in [1.54, 1.807) is 0 Å². The molecule has 0 saturated carbocycles. The number of rotatable bonds is 11. The third kappa shape index (κ3) is 9.72. The minimum Gasteiger partial charge on any atom is -0.494 e. The Bertz CT molecular complexity index is 867.